The van der Waals surface area contributed by atoms with Gasteiger partial charge in [-0.15, -0.1) is 0 Å². The van der Waals surface area contributed by atoms with E-state index < -0.39 is 176 Å². The minimum absolute atomic E-state index is 0.0739. The van der Waals surface area contributed by atoms with Crippen molar-refractivity contribution >= 4 is 71.1 Å². The summed E-state index contributed by atoms with van der Waals surface area (Å²) in [6.45, 7) is 4.31. The van der Waals surface area contributed by atoms with Crippen molar-refractivity contribution in [3.63, 3.8) is 0 Å². The number of carboxylic acid groups (broad SMARTS) is 2. The third kappa shape index (κ3) is 20.9. The summed E-state index contributed by atoms with van der Waals surface area (Å²) in [5, 5.41) is 97.3. The number of fused-ring (bicyclic) bond motifs is 2. The van der Waals surface area contributed by atoms with Gasteiger partial charge in [0.1, 0.15) is 48.4 Å². The number of amides is 8. The van der Waals surface area contributed by atoms with Crippen molar-refractivity contribution in [1.82, 2.24) is 41.7 Å². The Hall–Kier alpha value is -6.80. The van der Waals surface area contributed by atoms with E-state index in [1.54, 1.807) is 0 Å². The summed E-state index contributed by atoms with van der Waals surface area (Å²) in [5.41, 5.74) is 10.8. The van der Waals surface area contributed by atoms with Crippen LogP contribution in [0.2, 0.25) is 0 Å². The first-order chi connectivity index (χ1) is 38.1. The van der Waals surface area contributed by atoms with Gasteiger partial charge in [-0.05, 0) is 58.3 Å². The van der Waals surface area contributed by atoms with E-state index in [9.17, 15) is 93.6 Å². The summed E-state index contributed by atoms with van der Waals surface area (Å²) in [6.07, 6.45) is -6.30. The fraction of sp³-hybridized carbons (Fsp3) is 0.760. The van der Waals surface area contributed by atoms with Gasteiger partial charge in [0, 0.05) is 19.6 Å². The Balaban J connectivity index is 2.12. The Morgan fingerprint density at radius 1 is 0.617 bits per heavy atom. The van der Waals surface area contributed by atoms with Crippen molar-refractivity contribution < 1.29 is 98.3 Å². The van der Waals surface area contributed by atoms with Gasteiger partial charge >= 0.3 is 17.9 Å². The fourth-order valence-corrected chi connectivity index (χ4v) is 9.57. The molecule has 0 aromatic carbocycles. The first-order valence-corrected chi connectivity index (χ1v) is 27.3. The van der Waals surface area contributed by atoms with Gasteiger partial charge in [0.25, 0.3) is 0 Å². The Kier molecular flexibility index (Phi) is 28.1. The van der Waals surface area contributed by atoms with E-state index in [-0.39, 0.29) is 44.7 Å². The number of hydrogen-bond acceptors (Lipinski definition) is 19. The average molecular weight is 1160 g/mol. The number of nitrogens with zero attached hydrogens (tertiary/aromatic N) is 3. The molecule has 14 atom stereocenters. The fourth-order valence-electron chi connectivity index (χ4n) is 9.57. The molecular weight excluding hydrogens is 1070 g/mol. The molecule has 31 heteroatoms. The predicted molar refractivity (Wildman–Crippen MR) is 281 cm³/mol. The number of carboxylic acids is 2. The number of rotatable bonds is 21. The van der Waals surface area contributed by atoms with E-state index in [0.717, 1.165) is 56.8 Å². The van der Waals surface area contributed by atoms with Crippen molar-refractivity contribution in [1.29, 1.82) is 0 Å². The number of aliphatic hydroxyl groups excluding tert-OH is 6. The Morgan fingerprint density at radius 2 is 1.11 bits per heavy atom. The van der Waals surface area contributed by atoms with Gasteiger partial charge < -0.3 is 98.8 Å². The minimum atomic E-state index is -2.81. The number of aliphatic imine (C=N–C) groups is 1. The second kappa shape index (κ2) is 33.2. The lowest BCUT2D eigenvalue weighted by Gasteiger charge is -2.32. The van der Waals surface area contributed by atoms with Crippen molar-refractivity contribution in [2.24, 2.45) is 22.4 Å². The highest BCUT2D eigenvalue weighted by Gasteiger charge is 2.48. The zero-order chi connectivity index (χ0) is 60.8. The van der Waals surface area contributed by atoms with Crippen LogP contribution in [-0.4, -0.2) is 233 Å². The molecule has 3 saturated heterocycles. The lowest BCUT2D eigenvalue weighted by Crippen LogP contribution is -2.64. The molecule has 0 bridgehead atoms. The second-order valence-electron chi connectivity index (χ2n) is 21.0. The van der Waals surface area contributed by atoms with Crippen molar-refractivity contribution in [3.05, 3.63) is 0 Å². The van der Waals surface area contributed by atoms with Gasteiger partial charge in [-0.1, -0.05) is 65.2 Å². The first-order valence-electron chi connectivity index (χ1n) is 27.3. The number of esters is 1. The number of unbranched alkanes of at least 4 members (excludes halogenated alkanes) is 7. The molecule has 0 spiro atoms. The van der Waals surface area contributed by atoms with E-state index in [2.05, 4.69) is 34.8 Å². The molecule has 0 aromatic rings. The number of cyclic esters (lactones) is 1. The molecule has 458 valence electrons. The third-order valence-electron chi connectivity index (χ3n) is 14.0. The maximum Gasteiger partial charge on any atom is 0.335 e. The Morgan fingerprint density at radius 3 is 1.64 bits per heavy atom. The van der Waals surface area contributed by atoms with Crippen LogP contribution in [0.4, 0.5) is 0 Å². The molecular formula is C50H83N11O20. The highest BCUT2D eigenvalue weighted by atomic mass is 16.5. The van der Waals surface area contributed by atoms with Crippen LogP contribution in [0, 0.1) is 5.92 Å². The number of carbonyl (C=O) groups is 11. The van der Waals surface area contributed by atoms with Crippen LogP contribution in [0.1, 0.15) is 124 Å². The summed E-state index contributed by atoms with van der Waals surface area (Å²) < 4.78 is 5.60. The minimum Gasteiger partial charge on any atom is -0.479 e. The number of aliphatic hydroxyl groups is 6. The van der Waals surface area contributed by atoms with Gasteiger partial charge in [0.2, 0.25) is 47.3 Å². The van der Waals surface area contributed by atoms with E-state index in [0.29, 0.717) is 23.7 Å². The number of nitrogens with two attached hydrogens (primary N) is 2. The molecule has 0 aliphatic carbocycles. The predicted octanol–water partition coefficient (Wildman–Crippen LogP) is -5.97. The van der Waals surface area contributed by atoms with Crippen LogP contribution in [0.5, 0.6) is 0 Å². The molecule has 31 nitrogen and oxygen atoms in total. The highest BCUT2D eigenvalue weighted by Crippen LogP contribution is 2.23. The standard InChI is InChI=1S/C50H83N11O20/c1-24(2)14-11-9-7-5-6-8-10-12-15-27-22-32(66)57-33(26(4)63)41(70)54-25(3)45(74)60-20-17-30(64)36(60)43(72)55-28(16-13-19-53-50(51)52)40(69)58-34(38(67)47(76)77)42(71)56-29(23-62)46(75)61-21-18-31(65)37(61)44(73)59-35(49(80)81-27)39(68)48(78)79/h24-31,33-39,62-65,67-68H,5-23H2,1-4H3,(H,54,70)(H,55,72)(H,56,71)(H,57,66)(H,58,69)(H,59,73)(H,76,77)(H,78,79)(H4,51,52,53)/t25-,26+,27-,28-,29+,30-,31+,33-,34+,35+,36-,37+,38-,39+/m0/s1. The van der Waals surface area contributed by atoms with Gasteiger partial charge in [0.05, 0.1) is 31.3 Å². The van der Waals surface area contributed by atoms with E-state index in [4.69, 9.17) is 16.2 Å². The number of nitrogens with one attached hydrogen (secondary N) is 6. The number of ether oxygens (including phenoxy) is 1. The van der Waals surface area contributed by atoms with E-state index >= 15 is 0 Å². The van der Waals surface area contributed by atoms with Crippen molar-refractivity contribution in [2.45, 2.75) is 209 Å². The van der Waals surface area contributed by atoms with Gasteiger partial charge in [-0.2, -0.15) is 0 Å². The molecule has 81 heavy (non-hydrogen) atoms. The third-order valence-corrected chi connectivity index (χ3v) is 14.0. The maximum absolute atomic E-state index is 14.1. The molecule has 3 aliphatic rings. The quantitative estimate of drug-likeness (QED) is 0.0220. The van der Waals surface area contributed by atoms with Crippen LogP contribution in [0.25, 0.3) is 0 Å². The lowest BCUT2D eigenvalue weighted by molar-refractivity contribution is -0.165. The monoisotopic (exact) mass is 1160 g/mol. The van der Waals surface area contributed by atoms with E-state index in [1.165, 1.54) is 6.92 Å². The molecule has 0 saturated carbocycles. The molecule has 0 aromatic heterocycles. The van der Waals surface area contributed by atoms with Gasteiger partial charge in [0.15, 0.2) is 24.2 Å². The largest absolute Gasteiger partial charge is 0.479 e. The van der Waals surface area contributed by atoms with Gasteiger partial charge in [-0.25, -0.2) is 14.4 Å². The maximum atomic E-state index is 14.1. The van der Waals surface area contributed by atoms with Crippen molar-refractivity contribution in [3.8, 4) is 0 Å². The van der Waals surface area contributed by atoms with Crippen molar-refractivity contribution in [2.75, 3.05) is 26.2 Å². The Bertz CT molecular complexity index is 2230. The van der Waals surface area contributed by atoms with E-state index in [1.807, 2.05) is 16.0 Å². The SMILES string of the molecule is CC(C)CCCCCCCCCC[C@H]1CC(=O)N[C@@H]([C@@H](C)O)C(=O)N[C@@H](C)C(=O)N2CC[C@H](O)[C@H]2C(=O)N[C@@H](CCCN=C(N)N)C(=O)N[C@H]([C@H](O)C(=O)O)C(=O)N[C@H](CO)C(=O)N2CC[C@@H](O)[C@@H]2C(=O)N[C@H]([C@@H](O)C(=O)O)C(=O)O1. The van der Waals surface area contributed by atoms with Crippen LogP contribution in [0.3, 0.4) is 0 Å². The van der Waals surface area contributed by atoms with Gasteiger partial charge in [-0.3, -0.25) is 43.3 Å². The second-order valence-corrected chi connectivity index (χ2v) is 21.0. The highest BCUT2D eigenvalue weighted by molar-refractivity contribution is 6.00. The molecule has 3 fully saturated rings. The average Bonchev–Trinajstić information content (AvgIpc) is 3.99. The Labute approximate surface area is 467 Å². The zero-order valence-electron chi connectivity index (χ0n) is 46.1. The lowest BCUT2D eigenvalue weighted by atomic mass is 10.0. The van der Waals surface area contributed by atoms with Crippen LogP contribution in [-0.2, 0) is 57.5 Å². The molecule has 18 N–H and O–H groups in total. The number of carbonyl (C=O) groups excluding carboxylic acids is 9. The summed E-state index contributed by atoms with van der Waals surface area (Å²) >= 11 is 0. The number of hydrogen-bond donors (Lipinski definition) is 16. The summed E-state index contributed by atoms with van der Waals surface area (Å²) in [5.74, 6) is -15.7. The zero-order valence-corrected chi connectivity index (χ0v) is 46.1. The molecule has 3 aliphatic heterocycles. The topological polar surface area (TPSA) is 502 Å². The van der Waals surface area contributed by atoms with Crippen LogP contribution in [0.15, 0.2) is 4.99 Å². The number of guanidine groups is 1. The summed E-state index contributed by atoms with van der Waals surface area (Å²) in [6, 6.07) is -16.2. The van der Waals surface area contributed by atoms with Crippen LogP contribution >= 0.6 is 0 Å². The smallest absolute Gasteiger partial charge is 0.335 e. The summed E-state index contributed by atoms with van der Waals surface area (Å²) in [4.78, 5) is 155. The first kappa shape index (κ1) is 68.5. The molecule has 3 rings (SSSR count). The summed E-state index contributed by atoms with van der Waals surface area (Å²) in [7, 11) is 0. The molecule has 0 radical (unpaired) electrons. The normalized spacial score (nSPS) is 28.3. The molecule has 3 heterocycles. The molecule has 0 unspecified atom stereocenters. The molecule has 8 amide bonds. The van der Waals surface area contributed by atoms with Crippen LogP contribution < -0.4 is 43.4 Å². The number of aliphatic carboxylic acids is 2.